The molecule has 0 fully saturated rings. The van der Waals surface area contributed by atoms with E-state index in [-0.39, 0.29) is 23.2 Å². The first-order valence-corrected chi connectivity index (χ1v) is 11.4. The summed E-state index contributed by atoms with van der Waals surface area (Å²) in [4.78, 5) is 4.13. The lowest BCUT2D eigenvalue weighted by Crippen LogP contribution is -2.24. The number of pyridine rings is 1. The van der Waals surface area contributed by atoms with E-state index in [1.54, 1.807) is 68.9 Å². The number of nitrogens with zero attached hydrogens (tertiary/aromatic N) is 3. The van der Waals surface area contributed by atoms with Gasteiger partial charge in [0.15, 0.2) is 11.5 Å². The molecule has 10 heteroatoms. The lowest BCUT2D eigenvalue weighted by Gasteiger charge is -2.10. The Morgan fingerprint density at radius 3 is 2.30 bits per heavy atom. The Bertz CT molecular complexity index is 1370. The number of rotatable bonds is 8. The third kappa shape index (κ3) is 4.86. The van der Waals surface area contributed by atoms with Gasteiger partial charge in [0, 0.05) is 30.1 Å². The highest BCUT2D eigenvalue weighted by molar-refractivity contribution is 7.89. The van der Waals surface area contributed by atoms with E-state index in [2.05, 4.69) is 19.9 Å². The van der Waals surface area contributed by atoms with E-state index in [0.717, 1.165) is 5.56 Å². The second kappa shape index (κ2) is 9.39. The predicted octanol–water partition coefficient (Wildman–Crippen LogP) is 3.60. The third-order valence-electron chi connectivity index (χ3n) is 4.97. The Labute approximate surface area is 191 Å². The molecule has 4 rings (SSSR count). The Balaban J connectivity index is 1.61. The monoisotopic (exact) mass is 466 g/mol. The Hall–Kier alpha value is -3.76. The highest BCUT2D eigenvalue weighted by Crippen LogP contribution is 2.33. The molecule has 33 heavy (non-hydrogen) atoms. The van der Waals surface area contributed by atoms with E-state index in [9.17, 15) is 8.42 Å². The van der Waals surface area contributed by atoms with E-state index < -0.39 is 10.0 Å². The van der Waals surface area contributed by atoms with Crippen LogP contribution in [0, 0.1) is 6.92 Å². The molecule has 0 unspecified atom stereocenters. The molecule has 2 heterocycles. The fourth-order valence-electron chi connectivity index (χ4n) is 3.21. The molecule has 0 aliphatic carbocycles. The first kappa shape index (κ1) is 22.4. The van der Waals surface area contributed by atoms with E-state index in [1.165, 1.54) is 13.2 Å². The molecule has 0 bridgehead atoms. The van der Waals surface area contributed by atoms with Crippen molar-refractivity contribution >= 4 is 10.0 Å². The second-order valence-corrected chi connectivity index (χ2v) is 8.88. The summed E-state index contributed by atoms with van der Waals surface area (Å²) < 4.78 is 44.9. The van der Waals surface area contributed by atoms with Gasteiger partial charge in [0.25, 0.3) is 0 Å². The van der Waals surface area contributed by atoms with Crippen LogP contribution in [0.4, 0.5) is 0 Å². The Kier molecular flexibility index (Phi) is 6.38. The van der Waals surface area contributed by atoms with Gasteiger partial charge in [-0.2, -0.15) is 0 Å². The lowest BCUT2D eigenvalue weighted by molar-refractivity contribution is 0.355. The van der Waals surface area contributed by atoms with Crippen molar-refractivity contribution in [1.82, 2.24) is 19.9 Å². The number of hydrogen-bond donors (Lipinski definition) is 1. The lowest BCUT2D eigenvalue weighted by atomic mass is 10.1. The molecular weight excluding hydrogens is 444 g/mol. The average Bonchev–Trinajstić information content (AvgIpc) is 3.33. The fourth-order valence-corrected chi connectivity index (χ4v) is 4.49. The summed E-state index contributed by atoms with van der Waals surface area (Å²) >= 11 is 0. The second-order valence-electron chi connectivity index (χ2n) is 7.15. The van der Waals surface area contributed by atoms with Crippen molar-refractivity contribution in [2.24, 2.45) is 0 Å². The summed E-state index contributed by atoms with van der Waals surface area (Å²) in [6.45, 7) is 1.86. The quantitative estimate of drug-likeness (QED) is 0.419. The van der Waals surface area contributed by atoms with Gasteiger partial charge in [-0.25, -0.2) is 13.1 Å². The molecule has 9 nitrogen and oxygen atoms in total. The topological polar surface area (TPSA) is 116 Å². The summed E-state index contributed by atoms with van der Waals surface area (Å²) in [6.07, 6.45) is 3.24. The molecule has 2 aromatic carbocycles. The van der Waals surface area contributed by atoms with E-state index in [1.807, 2.05) is 0 Å². The highest BCUT2D eigenvalue weighted by atomic mass is 32.2. The van der Waals surface area contributed by atoms with Crippen LogP contribution in [0.3, 0.4) is 0 Å². The summed E-state index contributed by atoms with van der Waals surface area (Å²) in [5.41, 5.74) is 2.48. The summed E-state index contributed by atoms with van der Waals surface area (Å²) in [5.74, 6) is 1.57. The van der Waals surface area contributed by atoms with E-state index >= 15 is 0 Å². The van der Waals surface area contributed by atoms with Crippen molar-refractivity contribution in [3.63, 3.8) is 0 Å². The van der Waals surface area contributed by atoms with Crippen LogP contribution in [0.25, 0.3) is 22.9 Å². The molecule has 1 N–H and O–H groups in total. The summed E-state index contributed by atoms with van der Waals surface area (Å²) in [7, 11) is -0.688. The highest BCUT2D eigenvalue weighted by Gasteiger charge is 2.20. The number of nitrogens with one attached hydrogen (secondary N) is 1. The average molecular weight is 467 g/mol. The van der Waals surface area contributed by atoms with Crippen molar-refractivity contribution in [3.05, 3.63) is 72.1 Å². The number of aromatic nitrogens is 3. The van der Waals surface area contributed by atoms with Crippen LogP contribution >= 0.6 is 0 Å². The maximum atomic E-state index is 12.9. The van der Waals surface area contributed by atoms with Gasteiger partial charge in [0.05, 0.1) is 19.1 Å². The zero-order chi connectivity index (χ0) is 23.4. The van der Waals surface area contributed by atoms with Crippen LogP contribution in [0.1, 0.15) is 11.1 Å². The number of benzene rings is 2. The van der Waals surface area contributed by atoms with Crippen LogP contribution < -0.4 is 14.2 Å². The molecule has 0 spiro atoms. The van der Waals surface area contributed by atoms with Crippen LogP contribution in [-0.2, 0) is 16.6 Å². The molecule has 4 aromatic rings. The van der Waals surface area contributed by atoms with Crippen LogP contribution in [0.2, 0.25) is 0 Å². The number of methoxy groups -OCH3 is 2. The first-order valence-electron chi connectivity index (χ1n) is 9.97. The smallest absolute Gasteiger partial charge is 0.248 e. The number of aryl methyl sites for hydroxylation is 1. The Morgan fingerprint density at radius 1 is 0.939 bits per heavy atom. The van der Waals surface area contributed by atoms with Crippen molar-refractivity contribution in [2.45, 2.75) is 18.4 Å². The van der Waals surface area contributed by atoms with Crippen molar-refractivity contribution in [2.75, 3.05) is 14.2 Å². The van der Waals surface area contributed by atoms with Gasteiger partial charge in [-0.3, -0.25) is 4.98 Å². The van der Waals surface area contributed by atoms with Crippen molar-refractivity contribution in [3.8, 4) is 34.4 Å². The molecule has 170 valence electrons. The largest absolute Gasteiger partial charge is 0.493 e. The zero-order valence-electron chi connectivity index (χ0n) is 18.3. The van der Waals surface area contributed by atoms with E-state index in [4.69, 9.17) is 13.9 Å². The van der Waals surface area contributed by atoms with Gasteiger partial charge in [-0.1, -0.05) is 12.1 Å². The molecule has 0 atom stereocenters. The molecule has 0 aliphatic heterocycles. The number of hydrogen-bond acceptors (Lipinski definition) is 8. The molecule has 2 aromatic heterocycles. The van der Waals surface area contributed by atoms with Crippen LogP contribution in [0.5, 0.6) is 11.5 Å². The molecule has 0 amide bonds. The molecule has 0 saturated carbocycles. The predicted molar refractivity (Wildman–Crippen MR) is 121 cm³/mol. The minimum absolute atomic E-state index is 0.129. The number of ether oxygens (including phenoxy) is 2. The molecular formula is C23H22N4O5S. The third-order valence-corrected chi connectivity index (χ3v) is 6.51. The summed E-state index contributed by atoms with van der Waals surface area (Å²) in [6, 6.07) is 13.7. The molecule has 0 aliphatic rings. The molecule has 0 radical (unpaired) electrons. The van der Waals surface area contributed by atoms with Crippen LogP contribution in [-0.4, -0.2) is 37.8 Å². The SMILES string of the molecule is COc1ccc(-c2nnc(-c3ccc(C)c(S(=O)(=O)NCc4cccnc4)c3)o2)cc1OC. The normalized spacial score (nSPS) is 11.4. The minimum atomic E-state index is -3.78. The van der Waals surface area contributed by atoms with Gasteiger partial charge >= 0.3 is 0 Å². The molecule has 0 saturated heterocycles. The van der Waals surface area contributed by atoms with Gasteiger partial charge < -0.3 is 13.9 Å². The standard InChI is InChI=1S/C23H22N4O5S/c1-15-6-7-18(12-21(15)33(28,29)25-14-16-5-4-10-24-13-16)23-27-26-22(32-23)17-8-9-19(30-2)20(11-17)31-3/h4-13,25H,14H2,1-3H3. The van der Waals surface area contributed by atoms with Gasteiger partial charge in [-0.05, 0) is 54.4 Å². The maximum absolute atomic E-state index is 12.9. The van der Waals surface area contributed by atoms with Gasteiger partial charge in [-0.15, -0.1) is 10.2 Å². The van der Waals surface area contributed by atoms with Gasteiger partial charge in [0.1, 0.15) is 0 Å². The summed E-state index contributed by atoms with van der Waals surface area (Å²) in [5, 5.41) is 8.19. The minimum Gasteiger partial charge on any atom is -0.493 e. The van der Waals surface area contributed by atoms with Crippen molar-refractivity contribution < 1.29 is 22.3 Å². The van der Waals surface area contributed by atoms with Crippen LogP contribution in [0.15, 0.2) is 70.2 Å². The Morgan fingerprint density at radius 2 is 1.64 bits per heavy atom. The van der Waals surface area contributed by atoms with E-state index in [0.29, 0.717) is 28.2 Å². The number of sulfonamides is 1. The van der Waals surface area contributed by atoms with Gasteiger partial charge in [0.2, 0.25) is 21.8 Å². The van der Waals surface area contributed by atoms with Crippen molar-refractivity contribution in [1.29, 1.82) is 0 Å². The fraction of sp³-hybridized carbons (Fsp3) is 0.174. The first-order chi connectivity index (χ1) is 15.9. The zero-order valence-corrected chi connectivity index (χ0v) is 19.1. The maximum Gasteiger partial charge on any atom is 0.248 e.